The maximum atomic E-state index is 13.1. The number of amides is 1. The van der Waals surface area contributed by atoms with Crippen LogP contribution in [0.15, 0.2) is 53.5 Å². The monoisotopic (exact) mass is 339 g/mol. The van der Waals surface area contributed by atoms with Crippen molar-refractivity contribution in [2.45, 2.75) is 19.9 Å². The Morgan fingerprint density at radius 2 is 2.00 bits per heavy atom. The molecular formula is C19H18FN3O2. The number of hydrogen-bond donors (Lipinski definition) is 1. The third-order valence-electron chi connectivity index (χ3n) is 3.88. The van der Waals surface area contributed by atoms with Crippen molar-refractivity contribution in [3.63, 3.8) is 0 Å². The molecule has 2 heterocycles. The van der Waals surface area contributed by atoms with E-state index in [0.29, 0.717) is 17.6 Å². The first-order valence-corrected chi connectivity index (χ1v) is 8.11. The molecule has 2 aromatic heterocycles. The third-order valence-corrected chi connectivity index (χ3v) is 3.88. The van der Waals surface area contributed by atoms with E-state index in [9.17, 15) is 14.0 Å². The highest BCUT2D eigenvalue weighted by atomic mass is 19.1. The van der Waals surface area contributed by atoms with Gasteiger partial charge < -0.3 is 5.32 Å². The minimum Gasteiger partial charge on any atom is -0.352 e. The predicted octanol–water partition coefficient (Wildman–Crippen LogP) is 2.72. The van der Waals surface area contributed by atoms with Gasteiger partial charge in [0.25, 0.3) is 11.5 Å². The number of halogens is 1. The summed E-state index contributed by atoms with van der Waals surface area (Å²) in [5.74, 6) is -0.739. The summed E-state index contributed by atoms with van der Waals surface area (Å²) in [7, 11) is 0. The van der Waals surface area contributed by atoms with Crippen molar-refractivity contribution in [1.29, 1.82) is 0 Å². The van der Waals surface area contributed by atoms with Crippen molar-refractivity contribution in [2.24, 2.45) is 0 Å². The molecule has 0 atom stereocenters. The van der Waals surface area contributed by atoms with Gasteiger partial charge in [-0.1, -0.05) is 19.1 Å². The average Bonchev–Trinajstić information content (AvgIpc) is 2.63. The molecule has 0 saturated carbocycles. The minimum atomic E-state index is -0.413. The molecule has 0 aliphatic heterocycles. The van der Waals surface area contributed by atoms with Crippen molar-refractivity contribution < 1.29 is 9.18 Å². The molecule has 128 valence electrons. The van der Waals surface area contributed by atoms with Crippen LogP contribution >= 0.6 is 0 Å². The van der Waals surface area contributed by atoms with E-state index >= 15 is 0 Å². The number of hydrogen-bond acceptors (Lipinski definition) is 3. The maximum absolute atomic E-state index is 13.1. The number of benzene rings is 1. The number of carbonyl (C=O) groups is 1. The number of fused-ring (bicyclic) bond motifs is 1. The van der Waals surface area contributed by atoms with Crippen LogP contribution in [-0.4, -0.2) is 22.0 Å². The Kier molecular flexibility index (Phi) is 4.88. The Morgan fingerprint density at radius 3 is 2.72 bits per heavy atom. The summed E-state index contributed by atoms with van der Waals surface area (Å²) in [4.78, 5) is 29.4. The lowest BCUT2D eigenvalue weighted by Gasteiger charge is -2.12. The molecule has 0 unspecified atom stereocenters. The first kappa shape index (κ1) is 16.8. The fraction of sp³-hybridized carbons (Fsp3) is 0.211. The summed E-state index contributed by atoms with van der Waals surface area (Å²) in [6.07, 6.45) is 2.38. The van der Waals surface area contributed by atoms with E-state index in [1.807, 2.05) is 6.92 Å². The van der Waals surface area contributed by atoms with Crippen molar-refractivity contribution >= 4 is 16.9 Å². The van der Waals surface area contributed by atoms with Crippen molar-refractivity contribution in [1.82, 2.24) is 14.9 Å². The molecule has 0 radical (unpaired) electrons. The molecule has 6 heteroatoms. The molecule has 3 rings (SSSR count). The highest BCUT2D eigenvalue weighted by molar-refractivity contribution is 5.96. The van der Waals surface area contributed by atoms with Crippen LogP contribution in [0.1, 0.15) is 29.3 Å². The third kappa shape index (κ3) is 3.57. The van der Waals surface area contributed by atoms with Crippen molar-refractivity contribution in [3.8, 4) is 0 Å². The minimum absolute atomic E-state index is 0.0797. The second kappa shape index (κ2) is 7.25. The topological polar surface area (TPSA) is 64.0 Å². The van der Waals surface area contributed by atoms with Gasteiger partial charge in [0.05, 0.1) is 6.54 Å². The Hall–Kier alpha value is -3.02. The van der Waals surface area contributed by atoms with Crippen molar-refractivity contribution in [3.05, 3.63) is 76.0 Å². The molecule has 3 aromatic rings. The quantitative estimate of drug-likeness (QED) is 0.777. The number of aromatic nitrogens is 2. The molecule has 5 nitrogen and oxygen atoms in total. The number of rotatable bonds is 5. The van der Waals surface area contributed by atoms with Gasteiger partial charge in [-0.05, 0) is 42.3 Å². The van der Waals surface area contributed by atoms with Gasteiger partial charge in [-0.15, -0.1) is 0 Å². The second-order valence-electron chi connectivity index (χ2n) is 5.75. The van der Waals surface area contributed by atoms with Crippen molar-refractivity contribution in [2.75, 3.05) is 6.54 Å². The molecule has 0 bridgehead atoms. The first-order chi connectivity index (χ1) is 12.1. The van der Waals surface area contributed by atoms with E-state index in [4.69, 9.17) is 0 Å². The van der Waals surface area contributed by atoms with Gasteiger partial charge in [0, 0.05) is 18.1 Å². The molecule has 1 N–H and O–H groups in total. The van der Waals surface area contributed by atoms with Crippen LogP contribution in [0, 0.1) is 5.82 Å². The molecule has 0 spiro atoms. The lowest BCUT2D eigenvalue weighted by atomic mass is 10.1. The molecule has 0 fully saturated rings. The molecule has 1 amide bonds. The number of carbonyl (C=O) groups excluding carboxylic acids is 1. The van der Waals surface area contributed by atoms with Crippen LogP contribution in [-0.2, 0) is 6.54 Å². The highest BCUT2D eigenvalue weighted by Gasteiger charge is 2.16. The van der Waals surface area contributed by atoms with E-state index < -0.39 is 11.5 Å². The zero-order chi connectivity index (χ0) is 17.8. The van der Waals surface area contributed by atoms with E-state index in [1.165, 1.54) is 16.7 Å². The lowest BCUT2D eigenvalue weighted by molar-refractivity contribution is 0.0952. The number of nitrogens with one attached hydrogen (secondary N) is 1. The van der Waals surface area contributed by atoms with Gasteiger partial charge in [0.2, 0.25) is 0 Å². The Labute approximate surface area is 144 Å². The normalized spacial score (nSPS) is 10.8. The zero-order valence-corrected chi connectivity index (χ0v) is 13.8. The Bertz CT molecular complexity index is 965. The summed E-state index contributed by atoms with van der Waals surface area (Å²) in [6, 6.07) is 11.0. The Balaban J connectivity index is 2.11. The largest absolute Gasteiger partial charge is 0.352 e. The first-order valence-electron chi connectivity index (χ1n) is 8.11. The highest BCUT2D eigenvalue weighted by Crippen LogP contribution is 2.13. The summed E-state index contributed by atoms with van der Waals surface area (Å²) < 4.78 is 14.6. The number of pyridine rings is 2. The molecule has 0 aliphatic carbocycles. The van der Waals surface area contributed by atoms with E-state index in [0.717, 1.165) is 12.0 Å². The summed E-state index contributed by atoms with van der Waals surface area (Å²) in [5, 5.41) is 3.43. The van der Waals surface area contributed by atoms with Crippen LogP contribution in [0.25, 0.3) is 11.0 Å². The van der Waals surface area contributed by atoms with Gasteiger partial charge in [-0.25, -0.2) is 9.37 Å². The zero-order valence-electron chi connectivity index (χ0n) is 13.8. The fourth-order valence-electron chi connectivity index (χ4n) is 2.62. The molecule has 0 aliphatic rings. The van der Waals surface area contributed by atoms with Gasteiger partial charge in [0.15, 0.2) is 0 Å². The molecule has 25 heavy (non-hydrogen) atoms. The van der Waals surface area contributed by atoms with E-state index in [2.05, 4.69) is 10.3 Å². The van der Waals surface area contributed by atoms with E-state index in [-0.39, 0.29) is 17.9 Å². The molecule has 1 aromatic carbocycles. The Morgan fingerprint density at radius 1 is 1.24 bits per heavy atom. The van der Waals surface area contributed by atoms with Crippen LogP contribution in [0.4, 0.5) is 4.39 Å². The van der Waals surface area contributed by atoms with Gasteiger partial charge in [-0.2, -0.15) is 0 Å². The van der Waals surface area contributed by atoms with Crippen LogP contribution in [0.3, 0.4) is 0 Å². The average molecular weight is 339 g/mol. The fourth-order valence-corrected chi connectivity index (χ4v) is 2.62. The standard InChI is InChI=1S/C19H18FN3O2/c1-2-9-22-18(24)16-11-14-4-3-10-21-17(14)23(19(16)25)12-13-5-7-15(20)8-6-13/h3-8,10-11H,2,9,12H2,1H3,(H,22,24). The van der Waals surface area contributed by atoms with Crippen LogP contribution < -0.4 is 10.9 Å². The predicted molar refractivity (Wildman–Crippen MR) is 94.1 cm³/mol. The summed E-state index contributed by atoms with van der Waals surface area (Å²) in [5.41, 5.74) is 0.908. The summed E-state index contributed by atoms with van der Waals surface area (Å²) >= 11 is 0. The smallest absolute Gasteiger partial charge is 0.265 e. The lowest BCUT2D eigenvalue weighted by Crippen LogP contribution is -2.34. The second-order valence-corrected chi connectivity index (χ2v) is 5.75. The van der Waals surface area contributed by atoms with Gasteiger partial charge in [-0.3, -0.25) is 14.2 Å². The maximum Gasteiger partial charge on any atom is 0.265 e. The van der Waals surface area contributed by atoms with Crippen LogP contribution in [0.2, 0.25) is 0 Å². The number of nitrogens with zero attached hydrogens (tertiary/aromatic N) is 2. The van der Waals surface area contributed by atoms with Gasteiger partial charge in [0.1, 0.15) is 17.0 Å². The van der Waals surface area contributed by atoms with E-state index in [1.54, 1.807) is 36.5 Å². The molecular weight excluding hydrogens is 321 g/mol. The summed E-state index contributed by atoms with van der Waals surface area (Å²) in [6.45, 7) is 2.65. The SMILES string of the molecule is CCCNC(=O)c1cc2cccnc2n(Cc2ccc(F)cc2)c1=O. The van der Waals surface area contributed by atoms with Gasteiger partial charge >= 0.3 is 0 Å². The van der Waals surface area contributed by atoms with Crippen LogP contribution in [0.5, 0.6) is 0 Å². The molecule has 0 saturated heterocycles.